The van der Waals surface area contributed by atoms with Gasteiger partial charge >= 0.3 is 0 Å². The van der Waals surface area contributed by atoms with Crippen LogP contribution in [-0.2, 0) is 9.05 Å². The highest BCUT2D eigenvalue weighted by Gasteiger charge is 2.25. The first-order valence-corrected chi connectivity index (χ1v) is 6.25. The number of hydrogen-bond acceptors (Lipinski definition) is 4. The van der Waals surface area contributed by atoms with E-state index < -0.39 is 9.05 Å². The van der Waals surface area contributed by atoms with Crippen LogP contribution in [0.2, 0.25) is 0 Å². The Morgan fingerprint density at radius 1 is 1.46 bits per heavy atom. The molecular weight excluding hydrogens is 214 g/mol. The van der Waals surface area contributed by atoms with Crippen molar-refractivity contribution in [1.29, 1.82) is 0 Å². The van der Waals surface area contributed by atoms with Crippen LogP contribution in [0.1, 0.15) is 31.0 Å². The van der Waals surface area contributed by atoms with Gasteiger partial charge in [-0.2, -0.15) is 0 Å². The Balaban J connectivity index is 2.27. The summed E-state index contributed by atoms with van der Waals surface area (Å²) < 4.78 is 21.6. The zero-order chi connectivity index (χ0) is 9.47. The fourth-order valence-electron chi connectivity index (χ4n) is 1.23. The minimum atomic E-state index is -3.78. The van der Waals surface area contributed by atoms with E-state index in [-0.39, 0.29) is 5.16 Å². The molecule has 0 saturated heterocycles. The van der Waals surface area contributed by atoms with Gasteiger partial charge < -0.3 is 0 Å². The number of hydrogen-bond donors (Lipinski definition) is 1. The summed E-state index contributed by atoms with van der Waals surface area (Å²) in [6.45, 7) is 0. The minimum absolute atomic E-state index is 0.323. The van der Waals surface area contributed by atoms with Gasteiger partial charge in [-0.15, -0.1) is 5.10 Å². The maximum atomic E-state index is 10.8. The first-order valence-electron chi connectivity index (χ1n) is 3.94. The van der Waals surface area contributed by atoms with Gasteiger partial charge in [0.25, 0.3) is 14.2 Å². The first kappa shape index (κ1) is 8.96. The average Bonchev–Trinajstić information content (AvgIpc) is 2.29. The van der Waals surface area contributed by atoms with Crippen molar-refractivity contribution < 1.29 is 8.42 Å². The molecule has 1 aromatic heterocycles. The van der Waals surface area contributed by atoms with E-state index >= 15 is 0 Å². The Kier molecular flexibility index (Phi) is 2.03. The molecule has 1 saturated carbocycles. The highest BCUT2D eigenvalue weighted by molar-refractivity contribution is 8.13. The van der Waals surface area contributed by atoms with E-state index in [1.54, 1.807) is 0 Å². The third-order valence-electron chi connectivity index (χ3n) is 2.19. The largest absolute Gasteiger partial charge is 0.298 e. The molecule has 0 bridgehead atoms. The number of aromatic amines is 1. The molecule has 1 aromatic rings. The van der Waals surface area contributed by atoms with Crippen molar-refractivity contribution in [2.45, 2.75) is 30.3 Å². The van der Waals surface area contributed by atoms with E-state index in [4.69, 9.17) is 10.7 Å². The third kappa shape index (κ3) is 1.68. The quantitative estimate of drug-likeness (QED) is 0.756. The van der Waals surface area contributed by atoms with Crippen LogP contribution in [0.25, 0.3) is 0 Å². The summed E-state index contributed by atoms with van der Waals surface area (Å²) in [6, 6.07) is 0. The number of rotatable bonds is 2. The average molecular weight is 222 g/mol. The highest BCUT2D eigenvalue weighted by atomic mass is 35.7. The molecule has 1 N–H and O–H groups in total. The van der Waals surface area contributed by atoms with Gasteiger partial charge in [0.1, 0.15) is 5.82 Å². The standard InChI is InChI=1S/C6H8ClN3O2S/c7-13(11,12)6-8-5(9-10-6)4-2-1-3-4/h4H,1-3H2,(H,8,9,10). The Morgan fingerprint density at radius 2 is 2.15 bits per heavy atom. The smallest absolute Gasteiger partial charge is 0.262 e. The van der Waals surface area contributed by atoms with E-state index in [1.165, 1.54) is 0 Å². The summed E-state index contributed by atoms with van der Waals surface area (Å²) in [6.07, 6.45) is 3.24. The van der Waals surface area contributed by atoms with Crippen molar-refractivity contribution in [3.63, 3.8) is 0 Å². The van der Waals surface area contributed by atoms with Gasteiger partial charge in [0, 0.05) is 16.6 Å². The summed E-state index contributed by atoms with van der Waals surface area (Å²) in [7, 11) is 1.28. The van der Waals surface area contributed by atoms with E-state index in [1.807, 2.05) is 0 Å². The molecule has 13 heavy (non-hydrogen) atoms. The summed E-state index contributed by atoms with van der Waals surface area (Å²) >= 11 is 0. The second kappa shape index (κ2) is 2.95. The number of nitrogens with one attached hydrogen (secondary N) is 1. The Morgan fingerprint density at radius 3 is 2.54 bits per heavy atom. The SMILES string of the molecule is O=S(=O)(Cl)c1n[nH]c(C2CCC2)n1. The Labute approximate surface area is 79.9 Å². The molecule has 1 heterocycles. The van der Waals surface area contributed by atoms with Gasteiger partial charge in [-0.25, -0.2) is 13.4 Å². The van der Waals surface area contributed by atoms with E-state index in [2.05, 4.69) is 15.2 Å². The van der Waals surface area contributed by atoms with Gasteiger partial charge in [-0.3, -0.25) is 5.10 Å². The number of H-pyrrole nitrogens is 1. The second-order valence-electron chi connectivity index (χ2n) is 3.07. The lowest BCUT2D eigenvalue weighted by molar-refractivity contribution is 0.402. The second-order valence-corrected chi connectivity index (χ2v) is 5.53. The van der Waals surface area contributed by atoms with Crippen molar-refractivity contribution >= 4 is 19.7 Å². The molecule has 2 rings (SSSR count). The van der Waals surface area contributed by atoms with Crippen LogP contribution in [0.3, 0.4) is 0 Å². The maximum Gasteiger partial charge on any atom is 0.298 e. The molecule has 1 aliphatic rings. The molecule has 0 amide bonds. The number of nitrogens with zero attached hydrogens (tertiary/aromatic N) is 2. The molecule has 1 fully saturated rings. The van der Waals surface area contributed by atoms with Crippen molar-refractivity contribution in [2.75, 3.05) is 0 Å². The molecule has 5 nitrogen and oxygen atoms in total. The fraction of sp³-hybridized carbons (Fsp3) is 0.667. The molecule has 7 heteroatoms. The Bertz CT molecular complexity index is 409. The monoisotopic (exact) mass is 221 g/mol. The van der Waals surface area contributed by atoms with Crippen LogP contribution < -0.4 is 0 Å². The molecular formula is C6H8ClN3O2S. The molecule has 0 radical (unpaired) electrons. The van der Waals surface area contributed by atoms with Crippen molar-refractivity contribution in [2.24, 2.45) is 0 Å². The number of halogens is 1. The predicted octanol–water partition coefficient (Wildman–Crippen LogP) is 1.000. The van der Waals surface area contributed by atoms with E-state index in [0.29, 0.717) is 11.7 Å². The van der Waals surface area contributed by atoms with Gasteiger partial charge in [0.2, 0.25) is 0 Å². The fourth-order valence-corrected chi connectivity index (χ4v) is 1.80. The van der Waals surface area contributed by atoms with Gasteiger partial charge in [0.15, 0.2) is 0 Å². The van der Waals surface area contributed by atoms with Crippen molar-refractivity contribution in [3.05, 3.63) is 5.82 Å². The molecule has 0 aromatic carbocycles. The Hall–Kier alpha value is -0.620. The van der Waals surface area contributed by atoms with Crippen LogP contribution in [0.15, 0.2) is 5.16 Å². The normalized spacial score (nSPS) is 18.5. The van der Waals surface area contributed by atoms with Crippen LogP contribution in [0.5, 0.6) is 0 Å². The molecule has 0 aliphatic heterocycles. The maximum absolute atomic E-state index is 10.8. The topological polar surface area (TPSA) is 75.7 Å². The van der Waals surface area contributed by atoms with Crippen LogP contribution in [-0.4, -0.2) is 23.6 Å². The molecule has 0 unspecified atom stereocenters. The lowest BCUT2D eigenvalue weighted by Crippen LogP contribution is -2.10. The first-order chi connectivity index (χ1) is 6.07. The van der Waals surface area contributed by atoms with Crippen LogP contribution >= 0.6 is 10.7 Å². The van der Waals surface area contributed by atoms with Crippen LogP contribution in [0.4, 0.5) is 0 Å². The number of aromatic nitrogens is 3. The summed E-state index contributed by atoms with van der Waals surface area (Å²) in [5.74, 6) is 0.963. The highest BCUT2D eigenvalue weighted by Crippen LogP contribution is 2.34. The molecule has 72 valence electrons. The van der Waals surface area contributed by atoms with Crippen molar-refractivity contribution in [1.82, 2.24) is 15.2 Å². The summed E-state index contributed by atoms with van der Waals surface area (Å²) in [5, 5.41) is 5.80. The molecule has 0 atom stereocenters. The van der Waals surface area contributed by atoms with E-state index in [0.717, 1.165) is 19.3 Å². The van der Waals surface area contributed by atoms with Gasteiger partial charge in [-0.05, 0) is 12.8 Å². The van der Waals surface area contributed by atoms with Crippen LogP contribution in [0, 0.1) is 0 Å². The molecule has 0 spiro atoms. The zero-order valence-electron chi connectivity index (χ0n) is 6.70. The molecule has 1 aliphatic carbocycles. The van der Waals surface area contributed by atoms with Crippen molar-refractivity contribution in [3.8, 4) is 0 Å². The lowest BCUT2D eigenvalue weighted by Gasteiger charge is -2.21. The predicted molar refractivity (Wildman–Crippen MR) is 46.0 cm³/mol. The van der Waals surface area contributed by atoms with Gasteiger partial charge in [0.05, 0.1) is 0 Å². The lowest BCUT2D eigenvalue weighted by atomic mass is 9.85. The van der Waals surface area contributed by atoms with Gasteiger partial charge in [-0.1, -0.05) is 6.42 Å². The zero-order valence-corrected chi connectivity index (χ0v) is 8.27. The summed E-state index contributed by atoms with van der Waals surface area (Å²) in [5.41, 5.74) is 0. The van der Waals surface area contributed by atoms with E-state index in [9.17, 15) is 8.42 Å². The summed E-state index contributed by atoms with van der Waals surface area (Å²) in [4.78, 5) is 3.82. The minimum Gasteiger partial charge on any atom is -0.262 e. The third-order valence-corrected chi connectivity index (χ3v) is 3.22.